The van der Waals surface area contributed by atoms with Gasteiger partial charge in [0.1, 0.15) is 29.2 Å². The lowest BCUT2D eigenvalue weighted by atomic mass is 9.98. The van der Waals surface area contributed by atoms with Gasteiger partial charge in [-0.05, 0) is 63.4 Å². The van der Waals surface area contributed by atoms with Crippen molar-refractivity contribution >= 4 is 39.6 Å². The monoisotopic (exact) mass is 651 g/mol. The third-order valence-electron chi connectivity index (χ3n) is 8.56. The number of pyridine rings is 1. The molecular weight excluding hydrogens is 620 g/mol. The number of halogens is 3. The Kier molecular flexibility index (Phi) is 8.78. The van der Waals surface area contributed by atoms with Crippen molar-refractivity contribution in [2.75, 3.05) is 23.7 Å². The third kappa shape index (κ3) is 6.46. The zero-order valence-corrected chi connectivity index (χ0v) is 26.9. The van der Waals surface area contributed by atoms with Gasteiger partial charge in [-0.15, -0.1) is 5.10 Å². The van der Waals surface area contributed by atoms with Gasteiger partial charge < -0.3 is 10.6 Å². The summed E-state index contributed by atoms with van der Waals surface area (Å²) >= 11 is 6.74. The number of rotatable bonds is 7. The third-order valence-corrected chi connectivity index (χ3v) is 8.85. The van der Waals surface area contributed by atoms with Crippen molar-refractivity contribution in [1.29, 1.82) is 10.5 Å². The molecule has 1 saturated heterocycles. The Labute approximate surface area is 276 Å². The van der Waals surface area contributed by atoms with Gasteiger partial charge in [0.15, 0.2) is 5.82 Å². The number of piperidine rings is 1. The Morgan fingerprint density at radius 2 is 1.77 bits per heavy atom. The molecule has 2 aromatic heterocycles. The van der Waals surface area contributed by atoms with Gasteiger partial charge in [-0.2, -0.15) is 10.5 Å². The van der Waals surface area contributed by atoms with Gasteiger partial charge in [0.05, 0.1) is 45.8 Å². The largest absolute Gasteiger partial charge is 0.373 e. The average molecular weight is 652 g/mol. The lowest BCUT2D eigenvalue weighted by Crippen LogP contribution is -2.46. The van der Waals surface area contributed by atoms with Gasteiger partial charge in [-0.25, -0.2) is 13.5 Å². The molecule has 0 amide bonds. The maximum Gasteiger partial charge on any atom is 0.167 e. The van der Waals surface area contributed by atoms with E-state index in [1.807, 2.05) is 41.2 Å². The van der Waals surface area contributed by atoms with Crippen LogP contribution in [0.4, 0.5) is 25.8 Å². The number of nitrogens with one attached hydrogen (secondary N) is 2. The summed E-state index contributed by atoms with van der Waals surface area (Å²) in [7, 11) is 0. The molecule has 0 bridgehead atoms. The summed E-state index contributed by atoms with van der Waals surface area (Å²) < 4.78 is 31.1. The minimum Gasteiger partial charge on any atom is -0.373 e. The summed E-state index contributed by atoms with van der Waals surface area (Å²) in [6, 6.07) is 18.9. The number of likely N-dealkylation sites (tertiary alicyclic amines) is 1. The lowest BCUT2D eigenvalue weighted by Gasteiger charge is -2.40. The minimum atomic E-state index is -1.07. The molecule has 1 aliphatic heterocycles. The van der Waals surface area contributed by atoms with E-state index in [4.69, 9.17) is 11.6 Å². The van der Waals surface area contributed by atoms with Crippen LogP contribution in [0, 0.1) is 34.3 Å². The Morgan fingerprint density at radius 1 is 1.02 bits per heavy atom. The van der Waals surface area contributed by atoms with Crippen molar-refractivity contribution in [3.8, 4) is 12.1 Å². The maximum atomic E-state index is 15.1. The van der Waals surface area contributed by atoms with Gasteiger partial charge in [-0.3, -0.25) is 9.88 Å². The summed E-state index contributed by atoms with van der Waals surface area (Å²) in [4.78, 5) is 6.87. The fourth-order valence-electron chi connectivity index (χ4n) is 5.99. The Bertz CT molecular complexity index is 2020. The Hall–Kier alpha value is -5.10. The fourth-order valence-corrected chi connectivity index (χ4v) is 6.26. The Balaban J connectivity index is 1.37. The number of fused-ring (bicyclic) bond motifs is 1. The van der Waals surface area contributed by atoms with Crippen LogP contribution < -0.4 is 10.6 Å². The van der Waals surface area contributed by atoms with Crippen LogP contribution in [-0.4, -0.2) is 43.5 Å². The van der Waals surface area contributed by atoms with E-state index in [0.29, 0.717) is 22.3 Å². The molecule has 6 rings (SSSR count). The highest BCUT2D eigenvalue weighted by atomic mass is 35.5. The van der Waals surface area contributed by atoms with Gasteiger partial charge in [0, 0.05) is 35.9 Å². The van der Waals surface area contributed by atoms with Crippen molar-refractivity contribution in [3.05, 3.63) is 106 Å². The summed E-state index contributed by atoms with van der Waals surface area (Å²) in [5, 5.41) is 35.4. The smallest absolute Gasteiger partial charge is 0.167 e. The quantitative estimate of drug-likeness (QED) is 0.182. The predicted molar refractivity (Wildman–Crippen MR) is 177 cm³/mol. The number of aromatic nitrogens is 4. The minimum absolute atomic E-state index is 0.105. The van der Waals surface area contributed by atoms with Gasteiger partial charge >= 0.3 is 0 Å². The van der Waals surface area contributed by atoms with E-state index in [2.05, 4.69) is 57.7 Å². The summed E-state index contributed by atoms with van der Waals surface area (Å²) in [5.74, 6) is -2.05. The number of nitriles is 2. The Morgan fingerprint density at radius 3 is 2.45 bits per heavy atom. The van der Waals surface area contributed by atoms with Crippen LogP contribution in [0.15, 0.2) is 67.0 Å². The van der Waals surface area contributed by atoms with Gasteiger partial charge in [0.25, 0.3) is 0 Å². The SMILES string of the molecule is CC(C)(C)N1CCC(n2cc([C@@H](Nc3cc(Cl)c4ncc(C#N)c(Nc5ccc(F)c(C#N)c5F)c4c3)c3ccccc3)nn2)CC1. The van der Waals surface area contributed by atoms with Crippen LogP contribution in [0.25, 0.3) is 10.9 Å². The molecule has 0 aliphatic carbocycles. The molecule has 0 saturated carbocycles. The number of hydrogen-bond acceptors (Lipinski definition) is 8. The second-order valence-corrected chi connectivity index (χ2v) is 12.9. The van der Waals surface area contributed by atoms with Crippen LogP contribution in [0.5, 0.6) is 0 Å². The van der Waals surface area contributed by atoms with Crippen LogP contribution >= 0.6 is 11.6 Å². The van der Waals surface area contributed by atoms with E-state index in [1.54, 1.807) is 18.2 Å². The highest BCUT2D eigenvalue weighted by molar-refractivity contribution is 6.36. The molecule has 3 heterocycles. The van der Waals surface area contributed by atoms with Gasteiger partial charge in [-0.1, -0.05) is 47.1 Å². The van der Waals surface area contributed by atoms with Crippen LogP contribution in [-0.2, 0) is 0 Å². The first kappa shape index (κ1) is 31.9. The van der Waals surface area contributed by atoms with Crippen molar-refractivity contribution in [1.82, 2.24) is 24.9 Å². The molecule has 1 aliphatic rings. The molecule has 5 aromatic rings. The number of hydrogen-bond donors (Lipinski definition) is 2. The highest BCUT2D eigenvalue weighted by Gasteiger charge is 2.29. The summed E-state index contributed by atoms with van der Waals surface area (Å²) in [5.41, 5.74) is 2.14. The molecule has 47 heavy (non-hydrogen) atoms. The standard InChI is InChI=1S/C35H32ClF2N9/c1-35(2,3)46-13-11-24(12-14-46)47-20-30(44-45-47)33(21-7-5-4-6-8-21)42-23-15-25-32(22(17-39)19-41-34(25)27(36)16-23)43-29-10-9-28(37)26(18-40)31(29)38/h4-10,15-16,19-20,24,33,42H,11-14H2,1-3H3,(H,41,43)/t33-/m0/s1. The summed E-state index contributed by atoms with van der Waals surface area (Å²) in [6.45, 7) is 8.66. The van der Waals surface area contributed by atoms with Crippen molar-refractivity contribution < 1.29 is 8.78 Å². The summed E-state index contributed by atoms with van der Waals surface area (Å²) in [6.07, 6.45) is 5.25. The van der Waals surface area contributed by atoms with E-state index in [0.717, 1.165) is 37.6 Å². The first-order valence-electron chi connectivity index (χ1n) is 15.2. The van der Waals surface area contributed by atoms with E-state index in [9.17, 15) is 14.9 Å². The first-order valence-corrected chi connectivity index (χ1v) is 15.6. The van der Waals surface area contributed by atoms with E-state index >= 15 is 4.39 Å². The van der Waals surface area contributed by atoms with E-state index in [-0.39, 0.29) is 33.5 Å². The topological polar surface area (TPSA) is 118 Å². The molecule has 238 valence electrons. The normalized spacial score (nSPS) is 14.8. The molecule has 2 N–H and O–H groups in total. The molecule has 0 radical (unpaired) electrons. The molecular formula is C35H32ClF2N9. The zero-order valence-electron chi connectivity index (χ0n) is 26.1. The van der Waals surface area contributed by atoms with Crippen molar-refractivity contribution in [2.24, 2.45) is 0 Å². The van der Waals surface area contributed by atoms with E-state index in [1.165, 1.54) is 12.3 Å². The zero-order chi connectivity index (χ0) is 33.3. The second-order valence-electron chi connectivity index (χ2n) is 12.5. The van der Waals surface area contributed by atoms with E-state index < -0.39 is 23.2 Å². The van der Waals surface area contributed by atoms with Crippen molar-refractivity contribution in [3.63, 3.8) is 0 Å². The predicted octanol–water partition coefficient (Wildman–Crippen LogP) is 7.88. The molecule has 1 fully saturated rings. The lowest BCUT2D eigenvalue weighted by molar-refractivity contribution is 0.0866. The van der Waals surface area contributed by atoms with Crippen LogP contribution in [0.3, 0.4) is 0 Å². The number of benzene rings is 3. The van der Waals surface area contributed by atoms with Crippen LogP contribution in [0.1, 0.15) is 68.1 Å². The number of anilines is 3. The maximum absolute atomic E-state index is 15.1. The molecule has 0 unspecified atom stereocenters. The average Bonchev–Trinajstić information content (AvgIpc) is 3.55. The fraction of sp³-hybridized carbons (Fsp3) is 0.286. The molecule has 3 aromatic carbocycles. The molecule has 12 heteroatoms. The number of nitrogens with zero attached hydrogens (tertiary/aromatic N) is 7. The molecule has 9 nitrogen and oxygen atoms in total. The first-order chi connectivity index (χ1) is 22.6. The second kappa shape index (κ2) is 13.0. The van der Waals surface area contributed by atoms with Gasteiger partial charge in [0.2, 0.25) is 0 Å². The van der Waals surface area contributed by atoms with Crippen molar-refractivity contribution in [2.45, 2.75) is 51.2 Å². The molecule has 1 atom stereocenters. The highest BCUT2D eigenvalue weighted by Crippen LogP contribution is 2.38. The van der Waals surface area contributed by atoms with Crippen LogP contribution in [0.2, 0.25) is 5.02 Å². The molecule has 0 spiro atoms.